The fourth-order valence-electron chi connectivity index (χ4n) is 3.79. The number of H-pyrrole nitrogens is 1. The molecule has 3 N–H and O–H groups in total. The molecule has 10 heteroatoms. The Morgan fingerprint density at radius 2 is 1.58 bits per heavy atom. The highest BCUT2D eigenvalue weighted by Gasteiger charge is 2.18. The molecule has 5 aromatic rings. The van der Waals surface area contributed by atoms with E-state index in [2.05, 4.69) is 26.1 Å². The predicted octanol–water partition coefficient (Wildman–Crippen LogP) is 3.43. The standard InChI is InChI=1S/C26H19ClN6O3/c27-18-12-10-16(11-13-18)23-17(15-33(32-23)19-6-2-1-3-7-19)14-22(34)28-31-26(36)24-20-8-4-5-9-21(20)25(35)30-29-24/h1-13,15H,14H2,(H,28,34)(H,30,35)(H,31,36). The lowest BCUT2D eigenvalue weighted by molar-refractivity contribution is -0.121. The van der Waals surface area contributed by atoms with Crippen molar-refractivity contribution in [3.8, 4) is 16.9 Å². The summed E-state index contributed by atoms with van der Waals surface area (Å²) in [5.41, 5.74) is 7.27. The van der Waals surface area contributed by atoms with Gasteiger partial charge in [0, 0.05) is 27.7 Å². The lowest BCUT2D eigenvalue weighted by Gasteiger charge is -2.08. The fraction of sp³-hybridized carbons (Fsp3) is 0.0385. The third-order valence-electron chi connectivity index (χ3n) is 5.51. The molecule has 36 heavy (non-hydrogen) atoms. The van der Waals surface area contributed by atoms with E-state index in [1.165, 1.54) is 0 Å². The number of para-hydroxylation sites is 1. The maximum atomic E-state index is 12.8. The summed E-state index contributed by atoms with van der Waals surface area (Å²) in [6.45, 7) is 0. The summed E-state index contributed by atoms with van der Waals surface area (Å²) < 4.78 is 1.70. The first-order chi connectivity index (χ1) is 17.5. The van der Waals surface area contributed by atoms with E-state index in [4.69, 9.17) is 11.6 Å². The zero-order valence-corrected chi connectivity index (χ0v) is 19.5. The van der Waals surface area contributed by atoms with E-state index in [9.17, 15) is 14.4 Å². The molecule has 0 saturated carbocycles. The van der Waals surface area contributed by atoms with Crippen molar-refractivity contribution >= 4 is 34.2 Å². The number of rotatable bonds is 5. The van der Waals surface area contributed by atoms with E-state index in [0.717, 1.165) is 11.3 Å². The van der Waals surface area contributed by atoms with E-state index >= 15 is 0 Å². The Hall–Kier alpha value is -4.76. The Morgan fingerprint density at radius 3 is 2.33 bits per heavy atom. The van der Waals surface area contributed by atoms with Crippen molar-refractivity contribution < 1.29 is 9.59 Å². The van der Waals surface area contributed by atoms with Crippen LogP contribution in [0.15, 0.2) is 89.9 Å². The number of amides is 2. The second kappa shape index (κ2) is 9.85. The van der Waals surface area contributed by atoms with Crippen molar-refractivity contribution in [2.45, 2.75) is 6.42 Å². The Balaban J connectivity index is 1.36. The van der Waals surface area contributed by atoms with Gasteiger partial charge in [0.25, 0.3) is 11.5 Å². The minimum Gasteiger partial charge on any atom is -0.273 e. The normalized spacial score (nSPS) is 10.8. The maximum absolute atomic E-state index is 12.8. The predicted molar refractivity (Wildman–Crippen MR) is 136 cm³/mol. The van der Waals surface area contributed by atoms with Crippen LogP contribution in [-0.2, 0) is 11.2 Å². The topological polar surface area (TPSA) is 122 Å². The van der Waals surface area contributed by atoms with Gasteiger partial charge >= 0.3 is 0 Å². The third-order valence-corrected chi connectivity index (χ3v) is 5.76. The van der Waals surface area contributed by atoms with E-state index < -0.39 is 17.4 Å². The smallest absolute Gasteiger partial charge is 0.273 e. The molecule has 0 aliphatic heterocycles. The number of carbonyl (C=O) groups is 2. The minimum absolute atomic E-state index is 0.00995. The number of hydrogen-bond acceptors (Lipinski definition) is 5. The average molecular weight is 499 g/mol. The van der Waals surface area contributed by atoms with Gasteiger partial charge in [-0.05, 0) is 30.3 Å². The molecule has 0 fully saturated rings. The van der Waals surface area contributed by atoms with Crippen LogP contribution in [0.1, 0.15) is 16.1 Å². The number of aromatic amines is 1. The highest BCUT2D eigenvalue weighted by molar-refractivity contribution is 6.30. The van der Waals surface area contributed by atoms with Crippen LogP contribution in [0.4, 0.5) is 0 Å². The van der Waals surface area contributed by atoms with Gasteiger partial charge in [-0.15, -0.1) is 0 Å². The second-order valence-electron chi connectivity index (χ2n) is 7.92. The molecule has 3 aromatic carbocycles. The van der Waals surface area contributed by atoms with E-state index in [1.807, 2.05) is 42.5 Å². The molecule has 0 radical (unpaired) electrons. The SMILES string of the molecule is O=C(Cc1cn(-c2ccccc2)nc1-c1ccc(Cl)cc1)NNC(=O)c1n[nH]c(=O)c2ccccc12. The molecular weight excluding hydrogens is 480 g/mol. The fourth-order valence-corrected chi connectivity index (χ4v) is 3.92. The Kier molecular flexibility index (Phi) is 6.29. The Morgan fingerprint density at radius 1 is 0.889 bits per heavy atom. The lowest BCUT2D eigenvalue weighted by atomic mass is 10.1. The zero-order chi connectivity index (χ0) is 25.1. The number of aromatic nitrogens is 4. The summed E-state index contributed by atoms with van der Waals surface area (Å²) in [5.74, 6) is -1.12. The first-order valence-corrected chi connectivity index (χ1v) is 11.3. The number of nitrogens with zero attached hydrogens (tertiary/aromatic N) is 3. The van der Waals surface area contributed by atoms with Crippen LogP contribution in [0.25, 0.3) is 27.7 Å². The summed E-state index contributed by atoms with van der Waals surface area (Å²) in [5, 5.41) is 12.1. The average Bonchev–Trinajstić information content (AvgIpc) is 3.32. The van der Waals surface area contributed by atoms with Crippen LogP contribution in [0, 0.1) is 0 Å². The van der Waals surface area contributed by atoms with Gasteiger partial charge in [-0.25, -0.2) is 9.78 Å². The molecule has 0 unspecified atom stereocenters. The molecule has 178 valence electrons. The molecule has 0 saturated heterocycles. The summed E-state index contributed by atoms with van der Waals surface area (Å²) in [4.78, 5) is 37.4. The maximum Gasteiger partial charge on any atom is 0.290 e. The number of hydrazine groups is 1. The Labute approximate surface area is 209 Å². The molecule has 0 bridgehead atoms. The third kappa shape index (κ3) is 4.73. The highest BCUT2D eigenvalue weighted by atomic mass is 35.5. The molecule has 0 aliphatic carbocycles. The van der Waals surface area contributed by atoms with Gasteiger partial charge in [-0.2, -0.15) is 10.2 Å². The van der Waals surface area contributed by atoms with Crippen molar-refractivity contribution in [3.05, 3.63) is 112 Å². The van der Waals surface area contributed by atoms with Crippen LogP contribution >= 0.6 is 11.6 Å². The minimum atomic E-state index is -0.659. The van der Waals surface area contributed by atoms with Crippen molar-refractivity contribution in [1.29, 1.82) is 0 Å². The first kappa shape index (κ1) is 23.0. The highest BCUT2D eigenvalue weighted by Crippen LogP contribution is 2.25. The van der Waals surface area contributed by atoms with Crippen LogP contribution in [0.5, 0.6) is 0 Å². The summed E-state index contributed by atoms with van der Waals surface area (Å²) in [7, 11) is 0. The van der Waals surface area contributed by atoms with Crippen LogP contribution in [-0.4, -0.2) is 31.8 Å². The Bertz CT molecular complexity index is 1630. The number of halogens is 1. The van der Waals surface area contributed by atoms with Gasteiger partial charge in [0.2, 0.25) is 5.91 Å². The van der Waals surface area contributed by atoms with Gasteiger partial charge in [-0.1, -0.05) is 60.1 Å². The lowest BCUT2D eigenvalue weighted by Crippen LogP contribution is -2.43. The van der Waals surface area contributed by atoms with Gasteiger partial charge in [-0.3, -0.25) is 25.2 Å². The van der Waals surface area contributed by atoms with E-state index in [-0.39, 0.29) is 12.1 Å². The number of fused-ring (bicyclic) bond motifs is 1. The second-order valence-corrected chi connectivity index (χ2v) is 8.35. The molecule has 0 spiro atoms. The van der Waals surface area contributed by atoms with E-state index in [1.54, 1.807) is 47.3 Å². The molecule has 2 amide bonds. The first-order valence-electron chi connectivity index (χ1n) is 11.0. The summed E-state index contributed by atoms with van der Waals surface area (Å²) in [6, 6.07) is 23.3. The molecule has 2 aromatic heterocycles. The van der Waals surface area contributed by atoms with Crippen molar-refractivity contribution in [2.75, 3.05) is 0 Å². The van der Waals surface area contributed by atoms with Gasteiger partial charge in [0.15, 0.2) is 5.69 Å². The van der Waals surface area contributed by atoms with Crippen LogP contribution in [0.2, 0.25) is 5.02 Å². The summed E-state index contributed by atoms with van der Waals surface area (Å²) >= 11 is 6.04. The van der Waals surface area contributed by atoms with Crippen LogP contribution in [0.3, 0.4) is 0 Å². The molecular formula is C26H19ClN6O3. The van der Waals surface area contributed by atoms with Crippen molar-refractivity contribution in [1.82, 2.24) is 30.8 Å². The number of benzene rings is 3. The monoisotopic (exact) mass is 498 g/mol. The number of carbonyl (C=O) groups excluding carboxylic acids is 2. The largest absolute Gasteiger partial charge is 0.290 e. The zero-order valence-electron chi connectivity index (χ0n) is 18.7. The quantitative estimate of drug-likeness (QED) is 0.320. The van der Waals surface area contributed by atoms with Crippen molar-refractivity contribution in [3.63, 3.8) is 0 Å². The number of nitrogens with one attached hydrogen (secondary N) is 3. The molecule has 0 atom stereocenters. The molecule has 5 rings (SSSR count). The molecule has 0 aliphatic rings. The van der Waals surface area contributed by atoms with Gasteiger partial charge in [0.05, 0.1) is 23.2 Å². The molecule has 2 heterocycles. The molecule has 9 nitrogen and oxygen atoms in total. The summed E-state index contributed by atoms with van der Waals surface area (Å²) in [6.07, 6.45) is 1.72. The van der Waals surface area contributed by atoms with Gasteiger partial charge < -0.3 is 0 Å². The van der Waals surface area contributed by atoms with Crippen molar-refractivity contribution in [2.24, 2.45) is 0 Å². The van der Waals surface area contributed by atoms with Crippen LogP contribution < -0.4 is 16.4 Å². The van der Waals surface area contributed by atoms with Gasteiger partial charge in [0.1, 0.15) is 0 Å². The number of hydrogen-bond donors (Lipinski definition) is 3. The van der Waals surface area contributed by atoms with E-state index in [0.29, 0.717) is 27.1 Å².